The number of aryl methyl sites for hydroxylation is 6. The Balaban J connectivity index is 0.000000250. The third kappa shape index (κ3) is 7.24. The summed E-state index contributed by atoms with van der Waals surface area (Å²) in [5, 5.41) is 1.15. The van der Waals surface area contributed by atoms with Gasteiger partial charge in [0.2, 0.25) is 12.7 Å². The van der Waals surface area contributed by atoms with E-state index in [0.29, 0.717) is 21.7 Å². The molecule has 0 aliphatic rings. The molecule has 0 N–H and O–H groups in total. The lowest BCUT2D eigenvalue weighted by Gasteiger charge is -2.20. The van der Waals surface area contributed by atoms with E-state index < -0.39 is 20.7 Å². The lowest BCUT2D eigenvalue weighted by molar-refractivity contribution is 0.105. The van der Waals surface area contributed by atoms with Crippen molar-refractivity contribution in [3.05, 3.63) is 129 Å². The van der Waals surface area contributed by atoms with Crippen LogP contribution in [0.1, 0.15) is 61.0 Å². The molecule has 4 aromatic rings. The number of hydrogen-bond acceptors (Lipinski definition) is 5. The summed E-state index contributed by atoms with van der Waals surface area (Å²) in [5.41, 5.74) is 6.04. The van der Waals surface area contributed by atoms with Gasteiger partial charge >= 0.3 is 13.6 Å². The summed E-state index contributed by atoms with van der Waals surface area (Å²) >= 11 is 0. The standard InChI is InChI=1S/C22H21O2P.C12H16O3P/c1-16-14-17(2)21(18(3)15-16)22(23)25(24,19-10-6-4-7-11-19)20-12-8-5-9-13-20;1-5-15-16(14)12(13)11-9(3)6-8(2)7-10(11)4/h4-15H,1-3H3;6-7H,5H2,1-4H3/q;+1. The molecule has 212 valence electrons. The lowest BCUT2D eigenvalue weighted by atomic mass is 10.0. The monoisotopic (exact) mass is 587 g/mol. The van der Waals surface area contributed by atoms with E-state index >= 15 is 0 Å². The van der Waals surface area contributed by atoms with E-state index in [1.807, 2.05) is 102 Å². The molecule has 0 amide bonds. The van der Waals surface area contributed by atoms with Crippen LogP contribution >= 0.6 is 15.2 Å². The van der Waals surface area contributed by atoms with Crippen LogP contribution in [-0.4, -0.2) is 17.7 Å². The first-order valence-electron chi connectivity index (χ1n) is 13.5. The van der Waals surface area contributed by atoms with Crippen LogP contribution < -0.4 is 10.6 Å². The van der Waals surface area contributed by atoms with Gasteiger partial charge in [-0.25, -0.2) is 4.79 Å². The SMILES string of the molecule is CCO[P+](=O)C(=O)c1c(C)cc(C)cc1C.Cc1cc(C)c(C(=O)P(=O)(c2ccccc2)c2ccccc2)c(C)c1. The highest BCUT2D eigenvalue weighted by molar-refractivity contribution is 7.93. The van der Waals surface area contributed by atoms with Crippen LogP contribution in [0.3, 0.4) is 0 Å². The maximum absolute atomic E-state index is 14.2. The highest BCUT2D eigenvalue weighted by Crippen LogP contribution is 2.48. The zero-order valence-corrected chi connectivity index (χ0v) is 26.5. The van der Waals surface area contributed by atoms with E-state index in [9.17, 15) is 18.7 Å². The highest BCUT2D eigenvalue weighted by Gasteiger charge is 2.38. The molecule has 0 saturated carbocycles. The fraction of sp³-hybridized carbons (Fsp3) is 0.235. The van der Waals surface area contributed by atoms with Crippen molar-refractivity contribution >= 4 is 36.8 Å². The van der Waals surface area contributed by atoms with Crippen LogP contribution in [-0.2, 0) is 13.7 Å². The fourth-order valence-electron chi connectivity index (χ4n) is 5.12. The van der Waals surface area contributed by atoms with Crippen molar-refractivity contribution in [3.8, 4) is 0 Å². The predicted molar refractivity (Wildman–Crippen MR) is 169 cm³/mol. The molecule has 41 heavy (non-hydrogen) atoms. The van der Waals surface area contributed by atoms with Gasteiger partial charge in [0.05, 0.1) is 5.56 Å². The summed E-state index contributed by atoms with van der Waals surface area (Å²) in [7, 11) is -5.69. The minimum Gasteiger partial charge on any atom is -0.305 e. The van der Waals surface area contributed by atoms with Gasteiger partial charge in [-0.15, -0.1) is 4.52 Å². The third-order valence-corrected chi connectivity index (χ3v) is 10.6. The van der Waals surface area contributed by atoms with E-state index in [4.69, 9.17) is 4.52 Å². The molecule has 0 aromatic heterocycles. The van der Waals surface area contributed by atoms with Crippen LogP contribution in [0, 0.1) is 41.5 Å². The number of rotatable bonds is 8. The molecule has 0 bridgehead atoms. The van der Waals surface area contributed by atoms with Gasteiger partial charge in [-0.1, -0.05) is 96.1 Å². The molecule has 0 aliphatic heterocycles. The fourth-order valence-corrected chi connectivity index (χ4v) is 8.62. The number of carbonyl (C=O) groups excluding carboxylic acids is 2. The summed E-state index contributed by atoms with van der Waals surface area (Å²) in [6, 6.07) is 25.9. The average Bonchev–Trinajstić information content (AvgIpc) is 2.93. The van der Waals surface area contributed by atoms with Crippen molar-refractivity contribution < 1.29 is 23.2 Å². The Morgan fingerprint density at radius 3 is 1.39 bits per heavy atom. The number of hydrogen-bond donors (Lipinski definition) is 0. The van der Waals surface area contributed by atoms with Crippen molar-refractivity contribution in [1.82, 2.24) is 0 Å². The molecule has 1 unspecified atom stereocenters. The van der Waals surface area contributed by atoms with E-state index in [1.54, 1.807) is 31.2 Å². The van der Waals surface area contributed by atoms with Crippen molar-refractivity contribution in [2.24, 2.45) is 0 Å². The second kappa shape index (κ2) is 13.9. The predicted octanol–water partition coefficient (Wildman–Crippen LogP) is 8.30. The maximum Gasteiger partial charge on any atom is 0.593 e. The largest absolute Gasteiger partial charge is 0.593 e. The van der Waals surface area contributed by atoms with Gasteiger partial charge < -0.3 is 4.57 Å². The first-order chi connectivity index (χ1) is 19.4. The van der Waals surface area contributed by atoms with Gasteiger partial charge in [0.1, 0.15) is 6.61 Å². The van der Waals surface area contributed by atoms with Gasteiger partial charge in [0.15, 0.2) is 0 Å². The second-order valence-corrected chi connectivity index (χ2v) is 13.9. The summed E-state index contributed by atoms with van der Waals surface area (Å²) in [4.78, 5) is 25.4. The molecule has 4 rings (SSSR count). The first kappa shape index (κ1) is 32.0. The molecule has 5 nitrogen and oxygen atoms in total. The van der Waals surface area contributed by atoms with E-state index in [1.165, 1.54) is 0 Å². The van der Waals surface area contributed by atoms with Gasteiger partial charge in [-0.2, -0.15) is 0 Å². The Bertz CT molecular complexity index is 1540. The lowest BCUT2D eigenvalue weighted by Crippen LogP contribution is -2.23. The number of carbonyl (C=O) groups is 2. The molecule has 4 aromatic carbocycles. The Morgan fingerprint density at radius 1 is 0.659 bits per heavy atom. The molecule has 1 atom stereocenters. The average molecular weight is 588 g/mol. The summed E-state index contributed by atoms with van der Waals surface area (Å²) in [6.07, 6.45) is 0. The summed E-state index contributed by atoms with van der Waals surface area (Å²) in [6.45, 7) is 13.5. The minimum atomic E-state index is -3.44. The van der Waals surface area contributed by atoms with Gasteiger partial charge in [0, 0.05) is 16.2 Å². The van der Waals surface area contributed by atoms with Gasteiger partial charge in [-0.3, -0.25) is 4.79 Å². The summed E-state index contributed by atoms with van der Waals surface area (Å²) in [5.74, 6) is 0. The third-order valence-electron chi connectivity index (χ3n) is 6.72. The highest BCUT2D eigenvalue weighted by atomic mass is 31.2. The molecule has 0 heterocycles. The zero-order chi connectivity index (χ0) is 30.3. The first-order valence-corrected chi connectivity index (χ1v) is 16.4. The molecule has 0 aliphatic carbocycles. The van der Waals surface area contributed by atoms with Crippen LogP contribution in [0.25, 0.3) is 0 Å². The summed E-state index contributed by atoms with van der Waals surface area (Å²) < 4.78 is 30.5. The molecule has 0 saturated heterocycles. The Labute approximate surface area is 244 Å². The van der Waals surface area contributed by atoms with E-state index in [-0.39, 0.29) is 12.1 Å². The molecule has 0 spiro atoms. The van der Waals surface area contributed by atoms with Crippen molar-refractivity contribution in [2.45, 2.75) is 48.5 Å². The van der Waals surface area contributed by atoms with Crippen LogP contribution in [0.2, 0.25) is 0 Å². The normalized spacial score (nSPS) is 11.3. The van der Waals surface area contributed by atoms with E-state index in [2.05, 4.69) is 0 Å². The van der Waals surface area contributed by atoms with Crippen LogP contribution in [0.15, 0.2) is 84.9 Å². The maximum atomic E-state index is 14.2. The van der Waals surface area contributed by atoms with Gasteiger partial charge in [-0.05, 0) is 75.3 Å². The van der Waals surface area contributed by atoms with Crippen molar-refractivity contribution in [2.75, 3.05) is 6.61 Å². The second-order valence-electron chi connectivity index (χ2n) is 10.1. The Morgan fingerprint density at radius 2 is 1.02 bits per heavy atom. The minimum absolute atomic E-state index is 0.283. The number of benzene rings is 4. The van der Waals surface area contributed by atoms with Gasteiger partial charge in [0.25, 0.3) is 0 Å². The Kier molecular flexibility index (Phi) is 10.9. The van der Waals surface area contributed by atoms with Crippen LogP contribution in [0.4, 0.5) is 0 Å². The smallest absolute Gasteiger partial charge is 0.305 e. The van der Waals surface area contributed by atoms with Crippen molar-refractivity contribution in [3.63, 3.8) is 0 Å². The molecular weight excluding hydrogens is 550 g/mol. The molecular formula is C34H37O5P2+. The van der Waals surface area contributed by atoms with Crippen molar-refractivity contribution in [1.29, 1.82) is 0 Å². The van der Waals surface area contributed by atoms with Crippen LogP contribution in [0.5, 0.6) is 0 Å². The molecule has 0 radical (unpaired) electrons. The topological polar surface area (TPSA) is 77.5 Å². The molecule has 7 heteroatoms. The molecule has 0 fully saturated rings. The Hall–Kier alpha value is -3.49. The van der Waals surface area contributed by atoms with E-state index in [0.717, 1.165) is 33.4 Å². The quantitative estimate of drug-likeness (QED) is 0.194. The zero-order valence-electron chi connectivity index (χ0n) is 24.7.